The standard InChI is InChI=1S/C13H14O5S/c1-16-9-4-7(6-14)11(17-2)8-5-10(13(15)18-3)19-12(8)9/h4-6,13,15H,1-3H3. The zero-order valence-electron chi connectivity index (χ0n) is 10.8. The molecule has 1 heterocycles. The third-order valence-corrected chi connectivity index (χ3v) is 3.97. The van der Waals surface area contributed by atoms with Gasteiger partial charge >= 0.3 is 0 Å². The van der Waals surface area contributed by atoms with Crippen LogP contribution in [0.15, 0.2) is 12.1 Å². The highest BCUT2D eigenvalue weighted by atomic mass is 32.1. The van der Waals surface area contributed by atoms with Crippen molar-refractivity contribution in [1.29, 1.82) is 0 Å². The number of hydrogen-bond donors (Lipinski definition) is 1. The van der Waals surface area contributed by atoms with Crippen LogP contribution in [-0.2, 0) is 4.74 Å². The van der Waals surface area contributed by atoms with E-state index in [0.29, 0.717) is 28.2 Å². The minimum atomic E-state index is -1.01. The fraction of sp³-hybridized carbons (Fsp3) is 0.308. The van der Waals surface area contributed by atoms with Crippen LogP contribution in [0, 0.1) is 0 Å². The molecule has 2 rings (SSSR count). The van der Waals surface area contributed by atoms with Gasteiger partial charge in [-0.2, -0.15) is 0 Å². The number of rotatable bonds is 5. The molecule has 1 N–H and O–H groups in total. The number of aldehydes is 1. The van der Waals surface area contributed by atoms with Crippen LogP contribution >= 0.6 is 11.3 Å². The van der Waals surface area contributed by atoms with Gasteiger partial charge in [-0.15, -0.1) is 11.3 Å². The third-order valence-electron chi connectivity index (χ3n) is 2.79. The molecule has 1 aromatic heterocycles. The van der Waals surface area contributed by atoms with Gasteiger partial charge in [0.25, 0.3) is 0 Å². The average Bonchev–Trinajstić information content (AvgIpc) is 2.89. The molecular weight excluding hydrogens is 268 g/mol. The third kappa shape index (κ3) is 2.30. The van der Waals surface area contributed by atoms with Crippen LogP contribution in [0.25, 0.3) is 10.1 Å². The Bertz CT molecular complexity index is 605. The minimum Gasteiger partial charge on any atom is -0.495 e. The molecule has 1 aromatic carbocycles. The molecule has 0 fully saturated rings. The highest BCUT2D eigenvalue weighted by Crippen LogP contribution is 2.42. The molecule has 5 nitrogen and oxygen atoms in total. The van der Waals surface area contributed by atoms with Gasteiger partial charge in [-0.3, -0.25) is 4.79 Å². The van der Waals surface area contributed by atoms with E-state index in [1.165, 1.54) is 32.7 Å². The fourth-order valence-electron chi connectivity index (χ4n) is 1.89. The molecule has 1 unspecified atom stereocenters. The molecule has 19 heavy (non-hydrogen) atoms. The molecule has 0 aliphatic heterocycles. The lowest BCUT2D eigenvalue weighted by Crippen LogP contribution is -1.95. The van der Waals surface area contributed by atoms with Gasteiger partial charge in [-0.05, 0) is 12.1 Å². The largest absolute Gasteiger partial charge is 0.495 e. The van der Waals surface area contributed by atoms with Crippen LogP contribution in [0.1, 0.15) is 21.5 Å². The normalized spacial score (nSPS) is 12.4. The van der Waals surface area contributed by atoms with E-state index in [0.717, 1.165) is 10.1 Å². The Hall–Kier alpha value is -1.63. The number of hydrogen-bond acceptors (Lipinski definition) is 6. The van der Waals surface area contributed by atoms with Crippen molar-refractivity contribution in [3.8, 4) is 11.5 Å². The van der Waals surface area contributed by atoms with E-state index in [1.807, 2.05) is 0 Å². The van der Waals surface area contributed by atoms with E-state index >= 15 is 0 Å². The Morgan fingerprint density at radius 3 is 2.53 bits per heavy atom. The van der Waals surface area contributed by atoms with Gasteiger partial charge in [0.1, 0.15) is 11.5 Å². The Balaban J connectivity index is 2.76. The maximum atomic E-state index is 11.1. The number of fused-ring (bicyclic) bond motifs is 1. The van der Waals surface area contributed by atoms with Crippen LogP contribution in [0.5, 0.6) is 11.5 Å². The number of methoxy groups -OCH3 is 3. The van der Waals surface area contributed by atoms with Gasteiger partial charge in [0.05, 0.1) is 29.4 Å². The molecule has 102 valence electrons. The number of thiophene rings is 1. The second kappa shape index (κ2) is 5.56. The predicted octanol–water partition coefficient (Wildman–Crippen LogP) is 2.37. The lowest BCUT2D eigenvalue weighted by atomic mass is 10.1. The van der Waals surface area contributed by atoms with E-state index in [-0.39, 0.29) is 0 Å². The summed E-state index contributed by atoms with van der Waals surface area (Å²) < 4.78 is 16.2. The number of aliphatic hydroxyl groups is 1. The maximum Gasteiger partial charge on any atom is 0.190 e. The molecule has 0 radical (unpaired) electrons. The lowest BCUT2D eigenvalue weighted by molar-refractivity contribution is -0.0742. The zero-order valence-corrected chi connectivity index (χ0v) is 11.6. The fourth-order valence-corrected chi connectivity index (χ4v) is 3.01. The molecule has 0 saturated carbocycles. The van der Waals surface area contributed by atoms with E-state index in [1.54, 1.807) is 12.1 Å². The summed E-state index contributed by atoms with van der Waals surface area (Å²) in [6.45, 7) is 0. The molecule has 1 atom stereocenters. The van der Waals surface area contributed by atoms with E-state index < -0.39 is 6.29 Å². The summed E-state index contributed by atoms with van der Waals surface area (Å²) in [5.74, 6) is 1.04. The van der Waals surface area contributed by atoms with Gasteiger partial charge in [-0.25, -0.2) is 0 Å². The van der Waals surface area contributed by atoms with Crippen molar-refractivity contribution in [1.82, 2.24) is 0 Å². The summed E-state index contributed by atoms with van der Waals surface area (Å²) in [5.41, 5.74) is 0.406. The minimum absolute atomic E-state index is 0.406. The number of carbonyl (C=O) groups is 1. The van der Waals surface area contributed by atoms with Crippen molar-refractivity contribution in [2.24, 2.45) is 0 Å². The van der Waals surface area contributed by atoms with Crippen molar-refractivity contribution in [2.75, 3.05) is 21.3 Å². The van der Waals surface area contributed by atoms with Gasteiger partial charge in [-0.1, -0.05) is 0 Å². The number of ether oxygens (including phenoxy) is 3. The zero-order chi connectivity index (χ0) is 14.0. The van der Waals surface area contributed by atoms with Crippen LogP contribution in [0.2, 0.25) is 0 Å². The molecule has 2 aromatic rings. The van der Waals surface area contributed by atoms with E-state index in [2.05, 4.69) is 0 Å². The summed E-state index contributed by atoms with van der Waals surface area (Å²) >= 11 is 1.33. The summed E-state index contributed by atoms with van der Waals surface area (Å²) in [7, 11) is 4.45. The number of carbonyl (C=O) groups excluding carboxylic acids is 1. The van der Waals surface area contributed by atoms with E-state index in [4.69, 9.17) is 14.2 Å². The van der Waals surface area contributed by atoms with Gasteiger partial charge in [0.15, 0.2) is 12.6 Å². The maximum absolute atomic E-state index is 11.1. The number of aliphatic hydroxyl groups excluding tert-OH is 1. The Labute approximate surface area is 114 Å². The van der Waals surface area contributed by atoms with E-state index in [9.17, 15) is 9.90 Å². The van der Waals surface area contributed by atoms with Crippen molar-refractivity contribution < 1.29 is 24.1 Å². The molecule has 0 aliphatic carbocycles. The van der Waals surface area contributed by atoms with Gasteiger partial charge < -0.3 is 19.3 Å². The first-order chi connectivity index (χ1) is 9.15. The quantitative estimate of drug-likeness (QED) is 0.673. The molecule has 0 spiro atoms. The van der Waals surface area contributed by atoms with Crippen LogP contribution in [0.3, 0.4) is 0 Å². The van der Waals surface area contributed by atoms with Crippen molar-refractivity contribution in [3.05, 3.63) is 22.6 Å². The summed E-state index contributed by atoms with van der Waals surface area (Å²) in [5, 5.41) is 10.4. The second-order valence-corrected chi connectivity index (χ2v) is 4.88. The molecule has 0 aliphatic rings. The highest BCUT2D eigenvalue weighted by molar-refractivity contribution is 7.19. The topological polar surface area (TPSA) is 65.0 Å². The lowest BCUT2D eigenvalue weighted by Gasteiger charge is -2.08. The van der Waals surface area contributed by atoms with Crippen LogP contribution in [0.4, 0.5) is 0 Å². The monoisotopic (exact) mass is 282 g/mol. The molecule has 0 saturated heterocycles. The molecule has 0 bridgehead atoms. The van der Waals surface area contributed by atoms with Crippen LogP contribution < -0.4 is 9.47 Å². The van der Waals surface area contributed by atoms with Crippen LogP contribution in [-0.4, -0.2) is 32.7 Å². The Morgan fingerprint density at radius 1 is 1.26 bits per heavy atom. The first-order valence-electron chi connectivity index (χ1n) is 5.50. The highest BCUT2D eigenvalue weighted by Gasteiger charge is 2.19. The Kier molecular flexibility index (Phi) is 4.04. The first kappa shape index (κ1) is 13.8. The predicted molar refractivity (Wildman–Crippen MR) is 72.3 cm³/mol. The van der Waals surface area contributed by atoms with Crippen molar-refractivity contribution in [2.45, 2.75) is 6.29 Å². The van der Waals surface area contributed by atoms with Crippen molar-refractivity contribution in [3.63, 3.8) is 0 Å². The second-order valence-electron chi connectivity index (χ2n) is 3.80. The smallest absolute Gasteiger partial charge is 0.190 e. The molecule has 0 amide bonds. The van der Waals surface area contributed by atoms with Gasteiger partial charge in [0.2, 0.25) is 0 Å². The SMILES string of the molecule is COc1c(C=O)cc(OC)c2sc(C(O)OC)cc12. The number of benzene rings is 1. The molecular formula is C13H14O5S. The van der Waals surface area contributed by atoms with Gasteiger partial charge in [0, 0.05) is 12.5 Å². The average molecular weight is 282 g/mol. The first-order valence-corrected chi connectivity index (χ1v) is 6.32. The Morgan fingerprint density at radius 2 is 2.00 bits per heavy atom. The van der Waals surface area contributed by atoms with Crippen molar-refractivity contribution >= 4 is 27.7 Å². The molecule has 6 heteroatoms. The summed E-state index contributed by atoms with van der Waals surface area (Å²) in [4.78, 5) is 11.7. The summed E-state index contributed by atoms with van der Waals surface area (Å²) in [6.07, 6.45) is -0.295. The summed E-state index contributed by atoms with van der Waals surface area (Å²) in [6, 6.07) is 3.36.